The number of rotatable bonds is 7. The van der Waals surface area contributed by atoms with Crippen LogP contribution >= 0.6 is 23.4 Å². The number of ether oxygens (including phenoxy) is 1. The van der Waals surface area contributed by atoms with Gasteiger partial charge in [0.15, 0.2) is 11.0 Å². The van der Waals surface area contributed by atoms with Crippen molar-refractivity contribution in [2.75, 3.05) is 12.4 Å². The number of hydrogen-bond donors (Lipinski definition) is 1. The molecule has 0 bridgehead atoms. The third-order valence-corrected chi connectivity index (χ3v) is 6.27. The molecule has 168 valence electrons. The minimum atomic E-state index is -0.440. The van der Waals surface area contributed by atoms with Gasteiger partial charge in [0.2, 0.25) is 5.91 Å². The number of halogens is 1. The number of methoxy groups -OCH3 is 1. The van der Waals surface area contributed by atoms with Gasteiger partial charge in [-0.05, 0) is 56.3 Å². The molecule has 2 aromatic heterocycles. The Balaban J connectivity index is 1.60. The van der Waals surface area contributed by atoms with E-state index in [-0.39, 0.29) is 5.91 Å². The highest BCUT2D eigenvalue weighted by Gasteiger charge is 2.22. The summed E-state index contributed by atoms with van der Waals surface area (Å²) >= 11 is 7.50. The number of nitrogens with one attached hydrogen (secondary N) is 1. The predicted octanol–water partition coefficient (Wildman–Crippen LogP) is 5.42. The van der Waals surface area contributed by atoms with Gasteiger partial charge in [-0.15, -0.1) is 10.2 Å². The molecule has 7 nitrogen and oxygen atoms in total. The molecule has 9 heteroatoms. The van der Waals surface area contributed by atoms with Crippen molar-refractivity contribution in [1.82, 2.24) is 19.7 Å². The number of aromatic nitrogens is 4. The molecule has 0 spiro atoms. The summed E-state index contributed by atoms with van der Waals surface area (Å²) in [4.78, 5) is 17.0. The van der Waals surface area contributed by atoms with Gasteiger partial charge in [-0.3, -0.25) is 14.3 Å². The van der Waals surface area contributed by atoms with Crippen molar-refractivity contribution in [3.8, 4) is 22.8 Å². The Morgan fingerprint density at radius 2 is 1.82 bits per heavy atom. The van der Waals surface area contributed by atoms with Gasteiger partial charge >= 0.3 is 0 Å². The van der Waals surface area contributed by atoms with E-state index in [2.05, 4.69) is 20.5 Å². The van der Waals surface area contributed by atoms with Crippen molar-refractivity contribution >= 4 is 35.0 Å². The minimum absolute atomic E-state index is 0.176. The molecular weight excluding hydrogens is 458 g/mol. The van der Waals surface area contributed by atoms with Crippen LogP contribution in [-0.4, -0.2) is 38.0 Å². The molecule has 1 N–H and O–H groups in total. The number of nitrogens with zero attached hydrogens (tertiary/aromatic N) is 4. The minimum Gasteiger partial charge on any atom is -0.495 e. The fourth-order valence-corrected chi connectivity index (χ4v) is 4.29. The molecule has 2 heterocycles. The van der Waals surface area contributed by atoms with Crippen molar-refractivity contribution in [3.05, 3.63) is 77.6 Å². The van der Waals surface area contributed by atoms with Gasteiger partial charge in [-0.2, -0.15) is 0 Å². The van der Waals surface area contributed by atoms with E-state index in [1.165, 1.54) is 11.8 Å². The molecule has 0 aliphatic rings. The van der Waals surface area contributed by atoms with E-state index in [0.29, 0.717) is 27.4 Å². The molecule has 4 aromatic rings. The lowest BCUT2D eigenvalue weighted by Gasteiger charge is -2.14. The van der Waals surface area contributed by atoms with E-state index in [0.717, 1.165) is 16.8 Å². The number of amides is 1. The Hall–Kier alpha value is -3.36. The maximum Gasteiger partial charge on any atom is 0.237 e. The summed E-state index contributed by atoms with van der Waals surface area (Å²) in [6.45, 7) is 3.86. The van der Waals surface area contributed by atoms with Gasteiger partial charge in [-0.25, -0.2) is 0 Å². The summed E-state index contributed by atoms with van der Waals surface area (Å²) in [7, 11) is 1.54. The van der Waals surface area contributed by atoms with Gasteiger partial charge in [0.05, 0.1) is 17.4 Å². The number of aryl methyl sites for hydroxylation is 1. The smallest absolute Gasteiger partial charge is 0.237 e. The van der Waals surface area contributed by atoms with Gasteiger partial charge in [0, 0.05) is 29.3 Å². The van der Waals surface area contributed by atoms with Crippen molar-refractivity contribution in [3.63, 3.8) is 0 Å². The second-order valence-electron chi connectivity index (χ2n) is 7.31. The number of pyridine rings is 1. The number of benzene rings is 2. The molecule has 0 fully saturated rings. The third kappa shape index (κ3) is 5.18. The van der Waals surface area contributed by atoms with Gasteiger partial charge in [0.25, 0.3) is 0 Å². The first kappa shape index (κ1) is 22.8. The fourth-order valence-electron chi connectivity index (χ4n) is 3.16. The van der Waals surface area contributed by atoms with Crippen molar-refractivity contribution < 1.29 is 9.53 Å². The van der Waals surface area contributed by atoms with Crippen LogP contribution in [0.5, 0.6) is 5.75 Å². The van der Waals surface area contributed by atoms with Crippen LogP contribution in [0.1, 0.15) is 12.5 Å². The summed E-state index contributed by atoms with van der Waals surface area (Å²) < 4.78 is 7.11. The van der Waals surface area contributed by atoms with Crippen LogP contribution in [0.4, 0.5) is 5.69 Å². The second kappa shape index (κ2) is 10.1. The van der Waals surface area contributed by atoms with Crippen molar-refractivity contribution in [1.29, 1.82) is 0 Å². The number of carbonyl (C=O) groups is 1. The van der Waals surface area contributed by atoms with Crippen LogP contribution in [0.2, 0.25) is 5.02 Å². The summed E-state index contributed by atoms with van der Waals surface area (Å²) in [5, 5.41) is 12.3. The van der Waals surface area contributed by atoms with Gasteiger partial charge < -0.3 is 10.1 Å². The Bertz CT molecular complexity index is 1260. The third-order valence-electron chi connectivity index (χ3n) is 4.93. The van der Waals surface area contributed by atoms with E-state index in [1.807, 2.05) is 54.8 Å². The number of anilines is 1. The Morgan fingerprint density at radius 3 is 2.48 bits per heavy atom. The SMILES string of the molecule is COc1ccc(NC(=O)C(C)Sc2nnc(-c3ccncc3)n2-c2ccc(C)cc2)cc1Cl. The van der Waals surface area contributed by atoms with E-state index < -0.39 is 5.25 Å². The van der Waals surface area contributed by atoms with Crippen molar-refractivity contribution in [2.24, 2.45) is 0 Å². The van der Waals surface area contributed by atoms with Crippen LogP contribution in [0.25, 0.3) is 17.1 Å². The molecule has 2 aromatic carbocycles. The summed E-state index contributed by atoms with van der Waals surface area (Å²) in [5.74, 6) is 1.05. The highest BCUT2D eigenvalue weighted by atomic mass is 35.5. The Kier molecular flexibility index (Phi) is 6.96. The zero-order chi connectivity index (χ0) is 23.4. The van der Waals surface area contributed by atoms with Gasteiger partial charge in [0.1, 0.15) is 5.75 Å². The summed E-state index contributed by atoms with van der Waals surface area (Å²) in [6.07, 6.45) is 3.43. The summed E-state index contributed by atoms with van der Waals surface area (Å²) in [5.41, 5.74) is 3.54. The lowest BCUT2D eigenvalue weighted by atomic mass is 10.2. The van der Waals surface area contributed by atoms with Crippen LogP contribution in [-0.2, 0) is 4.79 Å². The zero-order valence-corrected chi connectivity index (χ0v) is 19.9. The molecule has 0 radical (unpaired) electrons. The average molecular weight is 480 g/mol. The maximum absolute atomic E-state index is 12.9. The molecule has 0 saturated heterocycles. The lowest BCUT2D eigenvalue weighted by molar-refractivity contribution is -0.115. The monoisotopic (exact) mass is 479 g/mol. The Morgan fingerprint density at radius 1 is 1.09 bits per heavy atom. The largest absolute Gasteiger partial charge is 0.495 e. The second-order valence-corrected chi connectivity index (χ2v) is 9.03. The average Bonchev–Trinajstić information content (AvgIpc) is 3.23. The molecule has 4 rings (SSSR count). The fraction of sp³-hybridized carbons (Fsp3) is 0.167. The first-order valence-corrected chi connectivity index (χ1v) is 11.5. The highest BCUT2D eigenvalue weighted by Crippen LogP contribution is 2.31. The van der Waals surface area contributed by atoms with Gasteiger partial charge in [-0.1, -0.05) is 41.1 Å². The number of carbonyl (C=O) groups excluding carboxylic acids is 1. The Labute approximate surface area is 201 Å². The lowest BCUT2D eigenvalue weighted by Crippen LogP contribution is -2.22. The molecular formula is C24H22ClN5O2S. The quantitative estimate of drug-likeness (QED) is 0.356. The van der Waals surface area contributed by atoms with E-state index >= 15 is 0 Å². The highest BCUT2D eigenvalue weighted by molar-refractivity contribution is 8.00. The van der Waals surface area contributed by atoms with Crippen LogP contribution in [0.3, 0.4) is 0 Å². The van der Waals surface area contributed by atoms with E-state index in [1.54, 1.807) is 37.7 Å². The molecule has 1 atom stereocenters. The normalized spacial score (nSPS) is 11.8. The van der Waals surface area contributed by atoms with Crippen LogP contribution in [0.15, 0.2) is 72.1 Å². The topological polar surface area (TPSA) is 81.9 Å². The van der Waals surface area contributed by atoms with Crippen molar-refractivity contribution in [2.45, 2.75) is 24.3 Å². The molecule has 33 heavy (non-hydrogen) atoms. The standard InChI is InChI=1S/C24H22ClN5O2S/c1-15-4-7-19(8-5-15)30-22(17-10-12-26-13-11-17)28-29-24(30)33-16(2)23(31)27-18-6-9-21(32-3)20(25)14-18/h4-14,16H,1-3H3,(H,27,31). The number of thioether (sulfide) groups is 1. The van der Waals surface area contributed by atoms with Crippen LogP contribution < -0.4 is 10.1 Å². The molecule has 1 unspecified atom stereocenters. The maximum atomic E-state index is 12.9. The zero-order valence-electron chi connectivity index (χ0n) is 18.3. The van der Waals surface area contributed by atoms with Crippen LogP contribution in [0, 0.1) is 6.92 Å². The first-order chi connectivity index (χ1) is 16.0. The molecule has 0 saturated carbocycles. The summed E-state index contributed by atoms with van der Waals surface area (Å²) in [6, 6.07) is 17.0. The predicted molar refractivity (Wildman–Crippen MR) is 131 cm³/mol. The first-order valence-electron chi connectivity index (χ1n) is 10.2. The van der Waals surface area contributed by atoms with E-state index in [4.69, 9.17) is 16.3 Å². The molecule has 0 aliphatic carbocycles. The molecule has 1 amide bonds. The number of hydrogen-bond acceptors (Lipinski definition) is 6. The molecule has 0 aliphatic heterocycles. The van der Waals surface area contributed by atoms with E-state index in [9.17, 15) is 4.79 Å².